The highest BCUT2D eigenvalue weighted by molar-refractivity contribution is 5.80. The zero-order valence-electron chi connectivity index (χ0n) is 13.7. The molecule has 1 rings (SSSR count). The van der Waals surface area contributed by atoms with Gasteiger partial charge in [0.15, 0.2) is 5.96 Å². The minimum absolute atomic E-state index is 0.101. The molecule has 6 heteroatoms. The minimum atomic E-state index is -0.736. The normalized spacial score (nSPS) is 13.6. The van der Waals surface area contributed by atoms with Crippen LogP contribution in [0.5, 0.6) is 5.75 Å². The molecule has 0 aliphatic carbocycles. The lowest BCUT2D eigenvalue weighted by atomic mass is 10.1. The highest BCUT2D eigenvalue weighted by Gasteiger charge is 2.12. The van der Waals surface area contributed by atoms with Crippen LogP contribution in [0.4, 0.5) is 4.39 Å². The summed E-state index contributed by atoms with van der Waals surface area (Å²) < 4.78 is 18.2. The highest BCUT2D eigenvalue weighted by atomic mass is 19.1. The molecular formula is C16H26FN3O2. The fourth-order valence-corrected chi connectivity index (χ4v) is 1.63. The van der Waals surface area contributed by atoms with Gasteiger partial charge >= 0.3 is 0 Å². The molecule has 22 heavy (non-hydrogen) atoms. The van der Waals surface area contributed by atoms with E-state index in [9.17, 15) is 9.50 Å². The number of hydrogen-bond donors (Lipinski definition) is 3. The first kappa shape index (κ1) is 18.2. The first-order chi connectivity index (χ1) is 10.3. The van der Waals surface area contributed by atoms with Crippen molar-refractivity contribution in [2.45, 2.75) is 39.3 Å². The van der Waals surface area contributed by atoms with Crippen molar-refractivity contribution in [3.63, 3.8) is 0 Å². The Labute approximate surface area is 131 Å². The molecule has 1 atom stereocenters. The second kappa shape index (κ2) is 8.58. The number of aliphatic hydroxyl groups is 1. The fraction of sp³-hybridized carbons (Fsp3) is 0.562. The first-order valence-corrected chi connectivity index (χ1v) is 7.43. The molecule has 1 aromatic carbocycles. The molecule has 1 aromatic rings. The quantitative estimate of drug-likeness (QED) is 0.555. The Kier molecular flexibility index (Phi) is 7.11. The number of rotatable bonds is 6. The molecule has 0 aliphatic heterocycles. The van der Waals surface area contributed by atoms with Gasteiger partial charge in [0, 0.05) is 12.1 Å². The van der Waals surface area contributed by atoms with Crippen LogP contribution < -0.4 is 15.4 Å². The van der Waals surface area contributed by atoms with E-state index in [0.717, 1.165) is 6.54 Å². The topological polar surface area (TPSA) is 65.9 Å². The number of guanidine groups is 1. The number of halogens is 1. The van der Waals surface area contributed by atoms with Crippen molar-refractivity contribution in [2.24, 2.45) is 4.99 Å². The largest absolute Gasteiger partial charge is 0.491 e. The molecule has 124 valence electrons. The lowest BCUT2D eigenvalue weighted by Crippen LogP contribution is -2.48. The van der Waals surface area contributed by atoms with Gasteiger partial charge in [-0.2, -0.15) is 0 Å². The van der Waals surface area contributed by atoms with Gasteiger partial charge in [-0.25, -0.2) is 4.39 Å². The summed E-state index contributed by atoms with van der Waals surface area (Å²) in [6.45, 7) is 9.14. The smallest absolute Gasteiger partial charge is 0.191 e. The van der Waals surface area contributed by atoms with Gasteiger partial charge in [0.2, 0.25) is 0 Å². The number of nitrogens with one attached hydrogen (secondary N) is 2. The van der Waals surface area contributed by atoms with E-state index in [2.05, 4.69) is 15.6 Å². The molecule has 3 N–H and O–H groups in total. The van der Waals surface area contributed by atoms with Crippen LogP contribution in [0.15, 0.2) is 29.3 Å². The van der Waals surface area contributed by atoms with Gasteiger partial charge in [0.05, 0.1) is 6.54 Å². The average molecular weight is 311 g/mol. The maximum atomic E-state index is 12.8. The molecule has 0 saturated carbocycles. The molecule has 1 unspecified atom stereocenters. The molecule has 0 saturated heterocycles. The van der Waals surface area contributed by atoms with Crippen LogP contribution in [-0.2, 0) is 0 Å². The number of hydrogen-bond acceptors (Lipinski definition) is 3. The number of aliphatic hydroxyl groups excluding tert-OH is 1. The summed E-state index contributed by atoms with van der Waals surface area (Å²) in [5, 5.41) is 16.3. The molecule has 0 aromatic heterocycles. The molecule has 0 heterocycles. The summed E-state index contributed by atoms with van der Waals surface area (Å²) in [4.78, 5) is 4.33. The van der Waals surface area contributed by atoms with Crippen LogP contribution in [-0.4, -0.2) is 42.4 Å². The monoisotopic (exact) mass is 311 g/mol. The number of benzene rings is 1. The van der Waals surface area contributed by atoms with Gasteiger partial charge in [0.25, 0.3) is 0 Å². The van der Waals surface area contributed by atoms with Crippen LogP contribution in [0.2, 0.25) is 0 Å². The van der Waals surface area contributed by atoms with Crippen molar-refractivity contribution in [2.75, 3.05) is 19.7 Å². The molecular weight excluding hydrogens is 285 g/mol. The van der Waals surface area contributed by atoms with E-state index in [1.807, 2.05) is 27.7 Å². The molecule has 0 aliphatic rings. The predicted molar refractivity (Wildman–Crippen MR) is 86.8 cm³/mol. The maximum absolute atomic E-state index is 12.8. The van der Waals surface area contributed by atoms with Crippen LogP contribution >= 0.6 is 0 Å². The Morgan fingerprint density at radius 1 is 1.32 bits per heavy atom. The zero-order valence-corrected chi connectivity index (χ0v) is 13.7. The van der Waals surface area contributed by atoms with Crippen molar-refractivity contribution in [3.05, 3.63) is 30.1 Å². The van der Waals surface area contributed by atoms with Crippen LogP contribution in [0.3, 0.4) is 0 Å². The molecule has 0 spiro atoms. The second-order valence-electron chi connectivity index (χ2n) is 6.01. The van der Waals surface area contributed by atoms with Gasteiger partial charge in [-0.3, -0.25) is 4.99 Å². The molecule has 0 amide bonds. The minimum Gasteiger partial charge on any atom is -0.491 e. The van der Waals surface area contributed by atoms with E-state index in [4.69, 9.17) is 4.74 Å². The standard InChI is InChI=1S/C16H26FN3O2/c1-5-18-15(20-16(2,3)4)19-10-13(21)11-22-14-8-6-12(17)7-9-14/h6-9,13,21H,5,10-11H2,1-4H3,(H2,18,19,20). The molecule has 0 radical (unpaired) electrons. The van der Waals surface area contributed by atoms with E-state index >= 15 is 0 Å². The van der Waals surface area contributed by atoms with Crippen molar-refractivity contribution in [1.82, 2.24) is 10.6 Å². The number of ether oxygens (including phenoxy) is 1. The number of aliphatic imine (C=N–C) groups is 1. The van der Waals surface area contributed by atoms with E-state index in [0.29, 0.717) is 11.7 Å². The van der Waals surface area contributed by atoms with E-state index in [1.54, 1.807) is 0 Å². The average Bonchev–Trinajstić information content (AvgIpc) is 2.43. The molecule has 5 nitrogen and oxygen atoms in total. The summed E-state index contributed by atoms with van der Waals surface area (Å²) in [7, 11) is 0. The number of nitrogens with zero attached hydrogens (tertiary/aromatic N) is 1. The van der Waals surface area contributed by atoms with Gasteiger partial charge in [-0.05, 0) is 52.0 Å². The van der Waals surface area contributed by atoms with Crippen molar-refractivity contribution >= 4 is 5.96 Å². The third-order valence-corrected chi connectivity index (χ3v) is 2.55. The van der Waals surface area contributed by atoms with Crippen molar-refractivity contribution in [1.29, 1.82) is 0 Å². The van der Waals surface area contributed by atoms with Gasteiger partial charge in [-0.15, -0.1) is 0 Å². The fourth-order valence-electron chi connectivity index (χ4n) is 1.63. The van der Waals surface area contributed by atoms with E-state index < -0.39 is 6.10 Å². The Balaban J connectivity index is 2.46. The lowest BCUT2D eigenvalue weighted by Gasteiger charge is -2.24. The van der Waals surface area contributed by atoms with Gasteiger partial charge in [-0.1, -0.05) is 0 Å². The summed E-state index contributed by atoms with van der Waals surface area (Å²) in [6, 6.07) is 5.68. The Bertz CT molecular complexity index is 469. The summed E-state index contributed by atoms with van der Waals surface area (Å²) in [5.41, 5.74) is -0.115. The SMILES string of the molecule is CCNC(=NCC(O)COc1ccc(F)cc1)NC(C)(C)C. The first-order valence-electron chi connectivity index (χ1n) is 7.43. The van der Waals surface area contributed by atoms with Gasteiger partial charge < -0.3 is 20.5 Å². The van der Waals surface area contributed by atoms with Crippen LogP contribution in [0.25, 0.3) is 0 Å². The summed E-state index contributed by atoms with van der Waals surface area (Å²) >= 11 is 0. The zero-order chi connectivity index (χ0) is 16.6. The van der Waals surface area contributed by atoms with Crippen LogP contribution in [0, 0.1) is 5.82 Å². The van der Waals surface area contributed by atoms with Gasteiger partial charge in [0.1, 0.15) is 24.3 Å². The van der Waals surface area contributed by atoms with Crippen molar-refractivity contribution in [3.8, 4) is 5.75 Å². The summed E-state index contributed by atoms with van der Waals surface area (Å²) in [6.07, 6.45) is -0.736. The Morgan fingerprint density at radius 3 is 2.50 bits per heavy atom. The molecule has 0 fully saturated rings. The lowest BCUT2D eigenvalue weighted by molar-refractivity contribution is 0.114. The Hall–Kier alpha value is -1.82. The third kappa shape index (κ3) is 7.83. The third-order valence-electron chi connectivity index (χ3n) is 2.55. The Morgan fingerprint density at radius 2 is 1.95 bits per heavy atom. The van der Waals surface area contributed by atoms with Crippen LogP contribution in [0.1, 0.15) is 27.7 Å². The summed E-state index contributed by atoms with van der Waals surface area (Å²) in [5.74, 6) is 0.848. The van der Waals surface area contributed by atoms with Crippen molar-refractivity contribution < 1.29 is 14.2 Å². The second-order valence-corrected chi connectivity index (χ2v) is 6.01. The van der Waals surface area contributed by atoms with E-state index in [1.165, 1.54) is 24.3 Å². The van der Waals surface area contributed by atoms with E-state index in [-0.39, 0.29) is 24.5 Å². The maximum Gasteiger partial charge on any atom is 0.191 e. The predicted octanol–water partition coefficient (Wildman–Crippen LogP) is 1.92. The molecule has 0 bridgehead atoms. The highest BCUT2D eigenvalue weighted by Crippen LogP contribution is 2.11.